The molecule has 1 aromatic rings. The van der Waals surface area contributed by atoms with Gasteiger partial charge in [-0.3, -0.25) is 0 Å². The van der Waals surface area contributed by atoms with E-state index in [2.05, 4.69) is 0 Å². The Labute approximate surface area is 87.1 Å². The molecule has 0 saturated carbocycles. The molecule has 0 heterocycles. The van der Waals surface area contributed by atoms with Crippen molar-refractivity contribution in [2.75, 3.05) is 6.61 Å². The number of halogens is 2. The van der Waals surface area contributed by atoms with Crippen LogP contribution in [0.4, 0.5) is 8.78 Å². The summed E-state index contributed by atoms with van der Waals surface area (Å²) in [5.41, 5.74) is -0.243. The molecule has 0 aliphatic rings. The third kappa shape index (κ3) is 2.91. The first-order chi connectivity index (χ1) is 7.19. The molecule has 0 fully saturated rings. The van der Waals surface area contributed by atoms with Gasteiger partial charge in [0.05, 0.1) is 6.61 Å². The maximum atomic E-state index is 13.1. The van der Waals surface area contributed by atoms with E-state index in [0.29, 0.717) is 12.7 Å². The van der Waals surface area contributed by atoms with E-state index in [1.54, 1.807) is 6.07 Å². The van der Waals surface area contributed by atoms with Crippen LogP contribution in [0.2, 0.25) is 0 Å². The van der Waals surface area contributed by atoms with Gasteiger partial charge in [-0.15, -0.1) is 0 Å². The molecule has 80 valence electrons. The maximum Gasteiger partial charge on any atom is 0.147 e. The third-order valence-corrected chi connectivity index (χ3v) is 1.89. The minimum atomic E-state index is -0.885. The Kier molecular flexibility index (Phi) is 4.04. The van der Waals surface area contributed by atoms with Crippen LogP contribution in [0.25, 0.3) is 0 Å². The lowest BCUT2D eigenvalue weighted by molar-refractivity contribution is 0.305. The smallest absolute Gasteiger partial charge is 0.147 e. The number of rotatable bonds is 4. The number of ether oxygens (including phenoxy) is 1. The van der Waals surface area contributed by atoms with Gasteiger partial charge in [0.15, 0.2) is 0 Å². The zero-order valence-electron chi connectivity index (χ0n) is 8.39. The highest BCUT2D eigenvalue weighted by Crippen LogP contribution is 2.22. The van der Waals surface area contributed by atoms with Crippen molar-refractivity contribution in [2.45, 2.75) is 19.8 Å². The van der Waals surface area contributed by atoms with Crippen LogP contribution in [0.15, 0.2) is 12.1 Å². The minimum absolute atomic E-state index is 0.0246. The Morgan fingerprint density at radius 1 is 1.40 bits per heavy atom. The van der Waals surface area contributed by atoms with Crippen molar-refractivity contribution >= 4 is 0 Å². The fourth-order valence-electron chi connectivity index (χ4n) is 1.10. The SMILES string of the molecule is CCCCOc1cc(F)cc(F)c1C#N. The second-order valence-corrected chi connectivity index (χ2v) is 3.07. The summed E-state index contributed by atoms with van der Waals surface area (Å²) >= 11 is 0. The summed E-state index contributed by atoms with van der Waals surface area (Å²) in [5.74, 6) is -1.65. The van der Waals surface area contributed by atoms with Crippen LogP contribution in [0, 0.1) is 23.0 Å². The molecular weight excluding hydrogens is 200 g/mol. The van der Waals surface area contributed by atoms with Crippen LogP contribution in [0.1, 0.15) is 25.3 Å². The van der Waals surface area contributed by atoms with Gasteiger partial charge in [0.1, 0.15) is 29.0 Å². The highest BCUT2D eigenvalue weighted by Gasteiger charge is 2.11. The minimum Gasteiger partial charge on any atom is -0.492 e. The van der Waals surface area contributed by atoms with Gasteiger partial charge < -0.3 is 4.74 Å². The first-order valence-electron chi connectivity index (χ1n) is 4.71. The summed E-state index contributed by atoms with van der Waals surface area (Å²) in [6, 6.07) is 3.35. The second kappa shape index (κ2) is 5.30. The lowest BCUT2D eigenvalue weighted by Crippen LogP contribution is -2.00. The zero-order chi connectivity index (χ0) is 11.3. The summed E-state index contributed by atoms with van der Waals surface area (Å²) in [5, 5.41) is 8.65. The van der Waals surface area contributed by atoms with E-state index in [9.17, 15) is 8.78 Å². The molecule has 0 aliphatic carbocycles. The van der Waals surface area contributed by atoms with Crippen LogP contribution < -0.4 is 4.74 Å². The molecule has 0 saturated heterocycles. The van der Waals surface area contributed by atoms with E-state index in [1.807, 2.05) is 6.92 Å². The summed E-state index contributed by atoms with van der Waals surface area (Å²) in [4.78, 5) is 0. The molecule has 0 aromatic heterocycles. The monoisotopic (exact) mass is 211 g/mol. The van der Waals surface area contributed by atoms with Gasteiger partial charge in [-0.2, -0.15) is 5.26 Å². The van der Waals surface area contributed by atoms with Crippen LogP contribution in [-0.4, -0.2) is 6.61 Å². The number of benzene rings is 1. The van der Waals surface area contributed by atoms with Gasteiger partial charge in [0, 0.05) is 12.1 Å². The zero-order valence-corrected chi connectivity index (χ0v) is 8.39. The predicted molar refractivity (Wildman–Crippen MR) is 51.5 cm³/mol. The fourth-order valence-corrected chi connectivity index (χ4v) is 1.10. The molecule has 0 unspecified atom stereocenters. The predicted octanol–water partition coefficient (Wildman–Crippen LogP) is 3.02. The molecule has 0 amide bonds. The van der Waals surface area contributed by atoms with E-state index in [-0.39, 0.29) is 11.3 Å². The number of hydrogen-bond acceptors (Lipinski definition) is 2. The molecule has 4 heteroatoms. The van der Waals surface area contributed by atoms with Crippen molar-refractivity contribution in [3.63, 3.8) is 0 Å². The molecule has 15 heavy (non-hydrogen) atoms. The normalized spacial score (nSPS) is 9.73. The van der Waals surface area contributed by atoms with E-state index >= 15 is 0 Å². The highest BCUT2D eigenvalue weighted by molar-refractivity contribution is 5.44. The topological polar surface area (TPSA) is 33.0 Å². The largest absolute Gasteiger partial charge is 0.492 e. The molecule has 2 nitrogen and oxygen atoms in total. The second-order valence-electron chi connectivity index (χ2n) is 3.07. The van der Waals surface area contributed by atoms with E-state index in [4.69, 9.17) is 10.00 Å². The maximum absolute atomic E-state index is 13.1. The average molecular weight is 211 g/mol. The van der Waals surface area contributed by atoms with Gasteiger partial charge in [-0.05, 0) is 6.42 Å². The van der Waals surface area contributed by atoms with Crippen molar-refractivity contribution in [1.29, 1.82) is 5.26 Å². The lowest BCUT2D eigenvalue weighted by atomic mass is 10.2. The van der Waals surface area contributed by atoms with Crippen molar-refractivity contribution in [3.05, 3.63) is 29.3 Å². The molecule has 0 atom stereocenters. The Morgan fingerprint density at radius 3 is 2.73 bits per heavy atom. The molecule has 0 aliphatic heterocycles. The Balaban J connectivity index is 2.90. The fraction of sp³-hybridized carbons (Fsp3) is 0.364. The molecular formula is C11H11F2NO. The Bertz CT molecular complexity index is 385. The summed E-state index contributed by atoms with van der Waals surface area (Å²) in [6.45, 7) is 2.33. The quantitative estimate of drug-likeness (QED) is 0.717. The van der Waals surface area contributed by atoms with Gasteiger partial charge >= 0.3 is 0 Å². The van der Waals surface area contributed by atoms with Crippen LogP contribution in [0.3, 0.4) is 0 Å². The molecule has 1 aromatic carbocycles. The van der Waals surface area contributed by atoms with Gasteiger partial charge in [0.2, 0.25) is 0 Å². The average Bonchev–Trinajstić information content (AvgIpc) is 2.17. The van der Waals surface area contributed by atoms with E-state index in [0.717, 1.165) is 18.9 Å². The van der Waals surface area contributed by atoms with Crippen LogP contribution in [-0.2, 0) is 0 Å². The summed E-state index contributed by atoms with van der Waals surface area (Å²) < 4.78 is 31.0. The molecule has 1 rings (SSSR count). The molecule has 0 spiro atoms. The lowest BCUT2D eigenvalue weighted by Gasteiger charge is -2.07. The van der Waals surface area contributed by atoms with Crippen LogP contribution >= 0.6 is 0 Å². The number of nitrogens with zero attached hydrogens (tertiary/aromatic N) is 1. The molecule has 0 radical (unpaired) electrons. The van der Waals surface area contributed by atoms with Crippen molar-refractivity contribution < 1.29 is 13.5 Å². The molecule has 0 bridgehead atoms. The van der Waals surface area contributed by atoms with E-state index in [1.165, 1.54) is 0 Å². The number of nitriles is 1. The van der Waals surface area contributed by atoms with Crippen LogP contribution in [0.5, 0.6) is 5.75 Å². The number of hydrogen-bond donors (Lipinski definition) is 0. The van der Waals surface area contributed by atoms with Gasteiger partial charge in [-0.1, -0.05) is 13.3 Å². The van der Waals surface area contributed by atoms with Crippen molar-refractivity contribution in [2.24, 2.45) is 0 Å². The number of unbranched alkanes of at least 4 members (excludes halogenated alkanes) is 1. The molecule has 0 N–H and O–H groups in total. The Hall–Kier alpha value is -1.63. The summed E-state index contributed by atoms with van der Waals surface area (Å²) in [6.07, 6.45) is 1.70. The van der Waals surface area contributed by atoms with Gasteiger partial charge in [0.25, 0.3) is 0 Å². The highest BCUT2D eigenvalue weighted by atomic mass is 19.1. The van der Waals surface area contributed by atoms with E-state index < -0.39 is 11.6 Å². The summed E-state index contributed by atoms with van der Waals surface area (Å²) in [7, 11) is 0. The Morgan fingerprint density at radius 2 is 2.13 bits per heavy atom. The van der Waals surface area contributed by atoms with Crippen molar-refractivity contribution in [1.82, 2.24) is 0 Å². The third-order valence-electron chi connectivity index (χ3n) is 1.89. The van der Waals surface area contributed by atoms with Gasteiger partial charge in [-0.25, -0.2) is 8.78 Å². The first-order valence-corrected chi connectivity index (χ1v) is 4.71. The first kappa shape index (κ1) is 11.4. The standard InChI is InChI=1S/C11H11F2NO/c1-2-3-4-15-11-6-8(12)5-10(13)9(11)7-14/h5-6H,2-4H2,1H3. The van der Waals surface area contributed by atoms with Crippen molar-refractivity contribution in [3.8, 4) is 11.8 Å².